The normalized spacial score (nSPS) is 17.6. The van der Waals surface area contributed by atoms with Gasteiger partial charge in [-0.15, -0.1) is 0 Å². The fourth-order valence-corrected chi connectivity index (χ4v) is 4.14. The zero-order chi connectivity index (χ0) is 20.8. The number of benzene rings is 2. The second kappa shape index (κ2) is 9.52. The Labute approximate surface area is 169 Å². The standard InChI is InChI=1S/C20H24N2O.C2H2O4/c23-20(19-11-5-7-16-6-1-4-10-18(16)19)22-14-12-21(13-15-22)17-8-2-3-9-17;3-1(4)2(5)6/h1,4-7,10-11,17H,2-3,8-9,12-15H2;(H,3,4)(H,5,6). The highest BCUT2D eigenvalue weighted by Gasteiger charge is 2.28. The molecule has 2 N–H and O–H groups in total. The minimum Gasteiger partial charge on any atom is -0.473 e. The van der Waals surface area contributed by atoms with E-state index in [9.17, 15) is 4.79 Å². The highest BCUT2D eigenvalue weighted by molar-refractivity contribution is 6.27. The number of aliphatic carboxylic acids is 2. The van der Waals surface area contributed by atoms with E-state index in [0.29, 0.717) is 0 Å². The number of fused-ring (bicyclic) bond motifs is 1. The quantitative estimate of drug-likeness (QED) is 0.755. The van der Waals surface area contributed by atoms with Crippen molar-refractivity contribution in [1.82, 2.24) is 9.80 Å². The summed E-state index contributed by atoms with van der Waals surface area (Å²) in [6.45, 7) is 3.78. The summed E-state index contributed by atoms with van der Waals surface area (Å²) in [4.78, 5) is 35.8. The van der Waals surface area contributed by atoms with Gasteiger partial charge in [-0.05, 0) is 29.7 Å². The van der Waals surface area contributed by atoms with Crippen molar-refractivity contribution in [2.24, 2.45) is 0 Å². The van der Waals surface area contributed by atoms with Gasteiger partial charge in [-0.2, -0.15) is 0 Å². The average Bonchev–Trinajstić information content (AvgIpc) is 3.28. The summed E-state index contributed by atoms with van der Waals surface area (Å²) in [7, 11) is 0. The molecule has 29 heavy (non-hydrogen) atoms. The van der Waals surface area contributed by atoms with E-state index in [1.54, 1.807) is 0 Å². The van der Waals surface area contributed by atoms with Gasteiger partial charge < -0.3 is 15.1 Å². The molecular weight excluding hydrogens is 372 g/mol. The van der Waals surface area contributed by atoms with Gasteiger partial charge in [-0.1, -0.05) is 49.2 Å². The van der Waals surface area contributed by atoms with E-state index in [-0.39, 0.29) is 5.91 Å². The van der Waals surface area contributed by atoms with Crippen molar-refractivity contribution in [2.75, 3.05) is 26.2 Å². The van der Waals surface area contributed by atoms with Crippen LogP contribution in [0.4, 0.5) is 0 Å². The summed E-state index contributed by atoms with van der Waals surface area (Å²) in [6.07, 6.45) is 5.44. The maximum absolute atomic E-state index is 12.9. The largest absolute Gasteiger partial charge is 0.473 e. The Bertz CT molecular complexity index is 866. The van der Waals surface area contributed by atoms with Crippen LogP contribution in [0.3, 0.4) is 0 Å². The number of hydrogen-bond acceptors (Lipinski definition) is 4. The van der Waals surface area contributed by atoms with Crippen molar-refractivity contribution in [3.8, 4) is 0 Å². The molecule has 1 saturated carbocycles. The molecule has 1 heterocycles. The lowest BCUT2D eigenvalue weighted by atomic mass is 10.0. The lowest BCUT2D eigenvalue weighted by Gasteiger charge is -2.38. The van der Waals surface area contributed by atoms with Gasteiger partial charge in [0.15, 0.2) is 0 Å². The van der Waals surface area contributed by atoms with E-state index in [2.05, 4.69) is 23.1 Å². The average molecular weight is 398 g/mol. The number of carbonyl (C=O) groups is 3. The first-order valence-electron chi connectivity index (χ1n) is 9.94. The first-order chi connectivity index (χ1) is 14.0. The maximum Gasteiger partial charge on any atom is 0.414 e. The fraction of sp³-hybridized carbons (Fsp3) is 0.409. The van der Waals surface area contributed by atoms with Crippen molar-refractivity contribution in [3.05, 3.63) is 48.0 Å². The third-order valence-electron chi connectivity index (χ3n) is 5.65. The Morgan fingerprint density at radius 2 is 1.38 bits per heavy atom. The van der Waals surface area contributed by atoms with Crippen LogP contribution in [0.2, 0.25) is 0 Å². The molecule has 0 bridgehead atoms. The van der Waals surface area contributed by atoms with E-state index >= 15 is 0 Å². The summed E-state index contributed by atoms with van der Waals surface area (Å²) in [5.41, 5.74) is 0.845. The molecule has 1 aliphatic heterocycles. The van der Waals surface area contributed by atoms with Crippen LogP contribution >= 0.6 is 0 Å². The molecule has 1 aliphatic carbocycles. The number of carbonyl (C=O) groups excluding carboxylic acids is 1. The Kier molecular flexibility index (Phi) is 6.82. The van der Waals surface area contributed by atoms with E-state index in [4.69, 9.17) is 19.8 Å². The van der Waals surface area contributed by atoms with Crippen LogP contribution in [0, 0.1) is 0 Å². The number of amides is 1. The van der Waals surface area contributed by atoms with E-state index < -0.39 is 11.9 Å². The Morgan fingerprint density at radius 3 is 2.00 bits per heavy atom. The number of hydrogen-bond donors (Lipinski definition) is 2. The molecule has 154 valence electrons. The fourth-order valence-electron chi connectivity index (χ4n) is 4.14. The molecular formula is C22H26N2O5. The summed E-state index contributed by atoms with van der Waals surface area (Å²) in [6, 6.07) is 15.0. The zero-order valence-electron chi connectivity index (χ0n) is 16.3. The van der Waals surface area contributed by atoms with Crippen LogP contribution in [0.15, 0.2) is 42.5 Å². The molecule has 0 aromatic heterocycles. The van der Waals surface area contributed by atoms with Crippen LogP contribution in [-0.2, 0) is 9.59 Å². The van der Waals surface area contributed by atoms with Gasteiger partial charge in [-0.25, -0.2) is 9.59 Å². The molecule has 0 atom stereocenters. The third kappa shape index (κ3) is 5.12. The van der Waals surface area contributed by atoms with Crippen LogP contribution in [-0.4, -0.2) is 70.1 Å². The predicted octanol–water partition coefficient (Wildman–Crippen LogP) is 2.70. The summed E-state index contributed by atoms with van der Waals surface area (Å²) < 4.78 is 0. The summed E-state index contributed by atoms with van der Waals surface area (Å²) >= 11 is 0. The minimum atomic E-state index is -1.82. The van der Waals surface area contributed by atoms with Crippen LogP contribution < -0.4 is 0 Å². The van der Waals surface area contributed by atoms with Gasteiger partial charge in [0.25, 0.3) is 5.91 Å². The zero-order valence-corrected chi connectivity index (χ0v) is 16.3. The second-order valence-electron chi connectivity index (χ2n) is 7.40. The van der Waals surface area contributed by atoms with E-state index in [1.165, 1.54) is 25.7 Å². The van der Waals surface area contributed by atoms with E-state index in [1.807, 2.05) is 29.2 Å². The number of nitrogens with zero attached hydrogens (tertiary/aromatic N) is 2. The van der Waals surface area contributed by atoms with E-state index in [0.717, 1.165) is 48.6 Å². The van der Waals surface area contributed by atoms with Crippen LogP contribution in [0.25, 0.3) is 10.8 Å². The highest BCUT2D eigenvalue weighted by atomic mass is 16.4. The van der Waals surface area contributed by atoms with Crippen molar-refractivity contribution in [1.29, 1.82) is 0 Å². The van der Waals surface area contributed by atoms with Crippen molar-refractivity contribution in [3.63, 3.8) is 0 Å². The van der Waals surface area contributed by atoms with Gasteiger partial charge in [0.2, 0.25) is 0 Å². The first kappa shape index (κ1) is 20.8. The molecule has 0 spiro atoms. The molecule has 4 rings (SSSR count). The Morgan fingerprint density at radius 1 is 0.793 bits per heavy atom. The number of rotatable bonds is 2. The number of carboxylic acid groups (broad SMARTS) is 2. The van der Waals surface area contributed by atoms with Crippen LogP contribution in [0.5, 0.6) is 0 Å². The summed E-state index contributed by atoms with van der Waals surface area (Å²) in [5.74, 6) is -3.46. The van der Waals surface area contributed by atoms with Crippen molar-refractivity contribution in [2.45, 2.75) is 31.7 Å². The molecule has 1 amide bonds. The maximum atomic E-state index is 12.9. The topological polar surface area (TPSA) is 98.1 Å². The summed E-state index contributed by atoms with van der Waals surface area (Å²) in [5, 5.41) is 17.0. The SMILES string of the molecule is O=C(O)C(=O)O.O=C(c1cccc2ccccc12)N1CCN(C2CCCC2)CC1. The third-order valence-corrected chi connectivity index (χ3v) is 5.65. The highest BCUT2D eigenvalue weighted by Crippen LogP contribution is 2.25. The van der Waals surface area contributed by atoms with Crippen molar-refractivity contribution < 1.29 is 24.6 Å². The molecule has 1 saturated heterocycles. The Balaban J connectivity index is 0.000000353. The smallest absolute Gasteiger partial charge is 0.414 e. The lowest BCUT2D eigenvalue weighted by molar-refractivity contribution is -0.159. The van der Waals surface area contributed by atoms with Crippen molar-refractivity contribution >= 4 is 28.6 Å². The molecule has 7 heteroatoms. The predicted molar refractivity (Wildman–Crippen MR) is 109 cm³/mol. The van der Waals surface area contributed by atoms with Gasteiger partial charge >= 0.3 is 11.9 Å². The molecule has 0 radical (unpaired) electrons. The van der Waals surface area contributed by atoms with Gasteiger partial charge in [0.05, 0.1) is 0 Å². The number of carboxylic acids is 2. The molecule has 0 unspecified atom stereocenters. The minimum absolute atomic E-state index is 0.188. The molecule has 7 nitrogen and oxygen atoms in total. The Hall–Kier alpha value is -2.93. The van der Waals surface area contributed by atoms with Crippen LogP contribution in [0.1, 0.15) is 36.0 Å². The molecule has 2 aromatic rings. The monoisotopic (exact) mass is 398 g/mol. The molecule has 2 aliphatic rings. The van der Waals surface area contributed by atoms with Gasteiger partial charge in [-0.3, -0.25) is 9.69 Å². The molecule has 2 aromatic carbocycles. The first-order valence-corrected chi connectivity index (χ1v) is 9.94. The number of piperazine rings is 1. The second-order valence-corrected chi connectivity index (χ2v) is 7.40. The van der Waals surface area contributed by atoms with Gasteiger partial charge in [0, 0.05) is 37.8 Å². The molecule has 2 fully saturated rings. The van der Waals surface area contributed by atoms with Gasteiger partial charge in [0.1, 0.15) is 0 Å². The lowest BCUT2D eigenvalue weighted by Crippen LogP contribution is -2.51.